The number of halogens is 2. The molecule has 1 aliphatic heterocycles. The van der Waals surface area contributed by atoms with Crippen LogP contribution in [0.4, 0.5) is 0 Å². The zero-order valence-corrected chi connectivity index (χ0v) is 18.2. The fourth-order valence-corrected chi connectivity index (χ4v) is 5.63. The summed E-state index contributed by atoms with van der Waals surface area (Å²) in [6.45, 7) is 3.91. The lowest BCUT2D eigenvalue weighted by Crippen LogP contribution is -2.38. The Hall–Kier alpha value is -2.37. The fourth-order valence-electron chi connectivity index (χ4n) is 5.25. The Kier molecular flexibility index (Phi) is 4.64. The molecular weight excluding hydrogens is 421 g/mol. The van der Waals surface area contributed by atoms with Crippen LogP contribution < -0.4 is 0 Å². The van der Waals surface area contributed by atoms with E-state index in [1.807, 2.05) is 36.6 Å². The van der Waals surface area contributed by atoms with Gasteiger partial charge in [0.2, 0.25) is 0 Å². The van der Waals surface area contributed by atoms with Crippen molar-refractivity contribution in [3.8, 4) is 5.69 Å². The van der Waals surface area contributed by atoms with Crippen LogP contribution in [0.25, 0.3) is 5.69 Å². The van der Waals surface area contributed by atoms with Gasteiger partial charge in [0.25, 0.3) is 11.8 Å². The molecule has 4 atom stereocenters. The number of hydrogen-bond acceptors (Lipinski definition) is 3. The summed E-state index contributed by atoms with van der Waals surface area (Å²) in [7, 11) is 0. The molecule has 1 saturated carbocycles. The van der Waals surface area contributed by atoms with Crippen molar-refractivity contribution in [2.45, 2.75) is 26.7 Å². The number of aromatic nitrogens is 1. The Morgan fingerprint density at radius 1 is 1.03 bits per heavy atom. The van der Waals surface area contributed by atoms with Crippen molar-refractivity contribution in [1.82, 2.24) is 9.58 Å². The molecule has 0 unspecified atom stereocenters. The van der Waals surface area contributed by atoms with Crippen molar-refractivity contribution in [3.05, 3.63) is 63.4 Å². The number of hydrazone groups is 1. The molecule has 1 saturated heterocycles. The Balaban J connectivity index is 1.47. The van der Waals surface area contributed by atoms with Gasteiger partial charge in [-0.25, -0.2) is 0 Å². The number of carbonyl (C=O) groups is 2. The van der Waals surface area contributed by atoms with Gasteiger partial charge in [0.05, 0.1) is 33.8 Å². The molecule has 1 aromatic carbocycles. The molecule has 0 radical (unpaired) electrons. The number of aryl methyl sites for hydroxylation is 1. The van der Waals surface area contributed by atoms with Crippen molar-refractivity contribution in [3.63, 3.8) is 0 Å². The van der Waals surface area contributed by atoms with Gasteiger partial charge in [-0.3, -0.25) is 9.59 Å². The Labute approximate surface area is 184 Å². The van der Waals surface area contributed by atoms with E-state index in [1.165, 1.54) is 0 Å². The molecule has 1 aromatic heterocycles. The van der Waals surface area contributed by atoms with Crippen LogP contribution >= 0.6 is 23.2 Å². The second kappa shape index (κ2) is 7.10. The maximum atomic E-state index is 12.9. The van der Waals surface area contributed by atoms with Crippen molar-refractivity contribution in [2.75, 3.05) is 0 Å². The maximum Gasteiger partial charge on any atom is 0.254 e. The van der Waals surface area contributed by atoms with Crippen LogP contribution in [0.3, 0.4) is 0 Å². The van der Waals surface area contributed by atoms with E-state index in [1.54, 1.807) is 12.3 Å². The first kappa shape index (κ1) is 19.6. The number of fused-ring (bicyclic) bond motifs is 1. The molecule has 30 heavy (non-hydrogen) atoms. The lowest BCUT2D eigenvalue weighted by atomic mass is 9.63. The Morgan fingerprint density at radius 2 is 1.67 bits per heavy atom. The fraction of sp³-hybridized carbons (Fsp3) is 0.348. The highest BCUT2D eigenvalue weighted by molar-refractivity contribution is 6.43. The molecule has 0 N–H and O–H groups in total. The van der Waals surface area contributed by atoms with E-state index in [4.69, 9.17) is 23.2 Å². The van der Waals surface area contributed by atoms with E-state index < -0.39 is 0 Å². The number of allylic oxidation sites excluding steroid dienone is 2. The summed E-state index contributed by atoms with van der Waals surface area (Å²) < 4.78 is 1.99. The molecule has 2 bridgehead atoms. The van der Waals surface area contributed by atoms with E-state index >= 15 is 0 Å². The molecule has 2 heterocycles. The molecule has 7 heteroatoms. The van der Waals surface area contributed by atoms with Crippen LogP contribution in [0.5, 0.6) is 0 Å². The molecule has 0 spiro atoms. The lowest BCUT2D eigenvalue weighted by molar-refractivity contribution is -0.140. The number of imide groups is 1. The Morgan fingerprint density at radius 3 is 2.27 bits per heavy atom. The highest BCUT2D eigenvalue weighted by atomic mass is 35.5. The zero-order valence-electron chi connectivity index (χ0n) is 16.7. The summed E-state index contributed by atoms with van der Waals surface area (Å²) in [4.78, 5) is 25.9. The average molecular weight is 442 g/mol. The molecule has 2 amide bonds. The first-order valence-corrected chi connectivity index (χ1v) is 10.9. The summed E-state index contributed by atoms with van der Waals surface area (Å²) >= 11 is 12.6. The monoisotopic (exact) mass is 441 g/mol. The molecule has 3 aliphatic carbocycles. The van der Waals surface area contributed by atoms with Gasteiger partial charge in [-0.05, 0) is 56.7 Å². The SMILES string of the molecule is Cc1cc(/C=N\N2C(=O)[C@@H]3[C@H](C2=O)[C@H]2C=C[C@H]3CC2)c(C)n1-c1cccc(Cl)c1Cl. The minimum absolute atomic E-state index is 0.159. The molecule has 5 nitrogen and oxygen atoms in total. The normalized spacial score (nSPS) is 27.5. The molecule has 6 rings (SSSR count). The molecular formula is C23H21Cl2N3O2. The van der Waals surface area contributed by atoms with E-state index in [0.717, 1.165) is 40.5 Å². The largest absolute Gasteiger partial charge is 0.316 e. The van der Waals surface area contributed by atoms with Crippen molar-refractivity contribution >= 4 is 41.2 Å². The third kappa shape index (κ3) is 2.79. The number of carbonyl (C=O) groups excluding carboxylic acids is 2. The lowest BCUT2D eigenvalue weighted by Gasteiger charge is -2.37. The summed E-state index contributed by atoms with van der Waals surface area (Å²) in [5, 5.41) is 6.38. The minimum Gasteiger partial charge on any atom is -0.316 e. The molecule has 4 aliphatic rings. The molecule has 154 valence electrons. The first-order chi connectivity index (χ1) is 14.4. The smallest absolute Gasteiger partial charge is 0.254 e. The van der Waals surface area contributed by atoms with E-state index in [2.05, 4.69) is 17.3 Å². The highest BCUT2D eigenvalue weighted by Crippen LogP contribution is 2.49. The van der Waals surface area contributed by atoms with Crippen LogP contribution in [0, 0.1) is 37.5 Å². The van der Waals surface area contributed by atoms with Crippen molar-refractivity contribution in [2.24, 2.45) is 28.8 Å². The Bertz CT molecular complexity index is 1100. The number of hydrogen-bond donors (Lipinski definition) is 0. The van der Waals surface area contributed by atoms with Gasteiger partial charge >= 0.3 is 0 Å². The number of benzene rings is 1. The van der Waals surface area contributed by atoms with Crippen molar-refractivity contribution in [1.29, 1.82) is 0 Å². The quantitative estimate of drug-likeness (QED) is 0.385. The van der Waals surface area contributed by atoms with Crippen LogP contribution in [0.1, 0.15) is 29.8 Å². The van der Waals surface area contributed by atoms with Gasteiger partial charge < -0.3 is 4.57 Å². The summed E-state index contributed by atoms with van der Waals surface area (Å²) in [5.74, 6) is -0.537. The topological polar surface area (TPSA) is 54.7 Å². The van der Waals surface area contributed by atoms with E-state index in [-0.39, 0.29) is 35.5 Å². The third-order valence-electron chi connectivity index (χ3n) is 6.69. The molecule has 2 aromatic rings. The second-order valence-corrected chi connectivity index (χ2v) is 9.09. The zero-order chi connectivity index (χ0) is 21.2. The number of rotatable bonds is 3. The number of nitrogens with zero attached hydrogens (tertiary/aromatic N) is 3. The van der Waals surface area contributed by atoms with Crippen molar-refractivity contribution < 1.29 is 9.59 Å². The van der Waals surface area contributed by atoms with Gasteiger partial charge in [-0.15, -0.1) is 0 Å². The van der Waals surface area contributed by atoms with Gasteiger partial charge in [0, 0.05) is 17.0 Å². The van der Waals surface area contributed by atoms with Gasteiger partial charge in [-0.1, -0.05) is 41.4 Å². The summed E-state index contributed by atoms with van der Waals surface area (Å²) in [5.41, 5.74) is 3.45. The predicted molar refractivity (Wildman–Crippen MR) is 117 cm³/mol. The predicted octanol–water partition coefficient (Wildman–Crippen LogP) is 4.93. The standard InChI is InChI=1S/C23H21Cl2N3O2/c1-12-10-16(13(2)27(12)18-5-3-4-17(24)21(18)25)11-26-28-22(29)19-14-6-7-15(9-8-14)20(19)23(28)30/h3-7,10-11,14-15,19-20H,8-9H2,1-2H3/b26-11-/t14-,15-,19-,20+/m0/s1. The summed E-state index contributed by atoms with van der Waals surface area (Å²) in [6, 6.07) is 7.45. The third-order valence-corrected chi connectivity index (χ3v) is 7.50. The van der Waals surface area contributed by atoms with Gasteiger partial charge in [0.15, 0.2) is 0 Å². The maximum absolute atomic E-state index is 12.9. The van der Waals surface area contributed by atoms with E-state index in [0.29, 0.717) is 10.0 Å². The highest BCUT2D eigenvalue weighted by Gasteiger charge is 2.56. The van der Waals surface area contributed by atoms with Crippen LogP contribution in [-0.2, 0) is 9.59 Å². The molecule has 2 fully saturated rings. The van der Waals surface area contributed by atoms with Crippen LogP contribution in [0.15, 0.2) is 41.5 Å². The minimum atomic E-state index is -0.254. The van der Waals surface area contributed by atoms with Crippen LogP contribution in [-0.4, -0.2) is 27.6 Å². The van der Waals surface area contributed by atoms with Gasteiger partial charge in [-0.2, -0.15) is 10.1 Å². The van der Waals surface area contributed by atoms with E-state index in [9.17, 15) is 9.59 Å². The van der Waals surface area contributed by atoms with Crippen LogP contribution in [0.2, 0.25) is 10.0 Å². The average Bonchev–Trinajstić information content (AvgIpc) is 3.17. The second-order valence-electron chi connectivity index (χ2n) is 8.31. The van der Waals surface area contributed by atoms with Gasteiger partial charge in [0.1, 0.15) is 0 Å². The number of amides is 2. The summed E-state index contributed by atoms with van der Waals surface area (Å²) in [6.07, 6.45) is 7.76. The first-order valence-electron chi connectivity index (χ1n) is 10.1.